The molecule has 9 heteroatoms. The molecule has 0 aliphatic carbocycles. The number of piperazine rings is 1. The van der Waals surface area contributed by atoms with E-state index in [4.69, 9.17) is 0 Å². The third kappa shape index (κ3) is 4.81. The van der Waals surface area contributed by atoms with Gasteiger partial charge in [0, 0.05) is 56.5 Å². The first-order valence-electron chi connectivity index (χ1n) is 13.3. The Morgan fingerprint density at radius 3 is 2.41 bits per heavy atom. The van der Waals surface area contributed by atoms with Gasteiger partial charge in [-0.1, -0.05) is 36.4 Å². The summed E-state index contributed by atoms with van der Waals surface area (Å²) in [4.78, 5) is 60.7. The standard InChI is InChI=1S/C30H29N5O4/c36-26-12-11-25(28(37)32-26)35-19-22-18-21(9-10-23(22)30(35)39)29(38)34-16-14-33(15-17-34)27(20-6-2-1-3-7-20)24-8-4-5-13-31-24/h1-10,13,18,25,27H,11-12,14-17,19H2,(H,32,36,37). The van der Waals surface area contributed by atoms with Gasteiger partial charge in [0.05, 0.1) is 11.7 Å². The Labute approximate surface area is 226 Å². The van der Waals surface area contributed by atoms with Crippen LogP contribution in [-0.2, 0) is 16.1 Å². The van der Waals surface area contributed by atoms with Gasteiger partial charge in [0.25, 0.3) is 11.8 Å². The van der Waals surface area contributed by atoms with Crippen LogP contribution in [0.4, 0.5) is 0 Å². The number of rotatable bonds is 5. The van der Waals surface area contributed by atoms with Crippen molar-refractivity contribution in [3.8, 4) is 0 Å². The summed E-state index contributed by atoms with van der Waals surface area (Å²) in [5.41, 5.74) is 3.91. The highest BCUT2D eigenvalue weighted by Crippen LogP contribution is 2.30. The summed E-state index contributed by atoms with van der Waals surface area (Å²) in [7, 11) is 0. The first kappa shape index (κ1) is 24.9. The molecule has 4 heterocycles. The van der Waals surface area contributed by atoms with E-state index in [-0.39, 0.29) is 36.7 Å². The van der Waals surface area contributed by atoms with Crippen LogP contribution in [0.3, 0.4) is 0 Å². The van der Waals surface area contributed by atoms with Crippen molar-refractivity contribution in [1.82, 2.24) is 25.0 Å². The number of pyridine rings is 1. The van der Waals surface area contributed by atoms with Crippen LogP contribution in [0.25, 0.3) is 0 Å². The SMILES string of the molecule is O=C1CCC(N2Cc3cc(C(=O)N4CCN(C(c5ccccc5)c5ccccn5)CC4)ccc3C2=O)C(=O)N1. The number of fused-ring (bicyclic) bond motifs is 1. The molecule has 3 aromatic rings. The van der Waals surface area contributed by atoms with Crippen molar-refractivity contribution < 1.29 is 19.2 Å². The molecule has 0 bridgehead atoms. The van der Waals surface area contributed by atoms with E-state index in [2.05, 4.69) is 27.3 Å². The second-order valence-corrected chi connectivity index (χ2v) is 10.2. The molecule has 4 amide bonds. The molecular formula is C30H29N5O4. The van der Waals surface area contributed by atoms with E-state index in [0.717, 1.165) is 11.3 Å². The molecule has 2 unspecified atom stereocenters. The molecule has 3 aliphatic rings. The monoisotopic (exact) mass is 523 g/mol. The Morgan fingerprint density at radius 1 is 0.923 bits per heavy atom. The Kier molecular flexibility index (Phi) is 6.66. The van der Waals surface area contributed by atoms with E-state index in [1.54, 1.807) is 18.2 Å². The van der Waals surface area contributed by atoms with E-state index in [1.165, 1.54) is 10.5 Å². The molecule has 9 nitrogen and oxygen atoms in total. The molecule has 3 aliphatic heterocycles. The number of imide groups is 1. The molecule has 39 heavy (non-hydrogen) atoms. The largest absolute Gasteiger partial charge is 0.336 e. The Morgan fingerprint density at radius 2 is 1.69 bits per heavy atom. The number of piperidine rings is 1. The van der Waals surface area contributed by atoms with Gasteiger partial charge in [-0.3, -0.25) is 34.4 Å². The first-order chi connectivity index (χ1) is 19.0. The van der Waals surface area contributed by atoms with Crippen LogP contribution < -0.4 is 5.32 Å². The molecule has 0 spiro atoms. The van der Waals surface area contributed by atoms with Crippen LogP contribution >= 0.6 is 0 Å². The number of nitrogens with one attached hydrogen (secondary N) is 1. The fourth-order valence-electron chi connectivity index (χ4n) is 5.81. The molecule has 2 aromatic carbocycles. The van der Waals surface area contributed by atoms with Crippen LogP contribution in [0, 0.1) is 0 Å². The maximum Gasteiger partial charge on any atom is 0.255 e. The van der Waals surface area contributed by atoms with Gasteiger partial charge in [-0.2, -0.15) is 0 Å². The van der Waals surface area contributed by atoms with Crippen molar-refractivity contribution >= 4 is 23.6 Å². The number of benzene rings is 2. The smallest absolute Gasteiger partial charge is 0.255 e. The van der Waals surface area contributed by atoms with Crippen LogP contribution in [0.1, 0.15) is 56.4 Å². The minimum Gasteiger partial charge on any atom is -0.336 e. The molecule has 1 aromatic heterocycles. The molecule has 2 fully saturated rings. The lowest BCUT2D eigenvalue weighted by Crippen LogP contribution is -2.52. The van der Waals surface area contributed by atoms with Gasteiger partial charge in [-0.05, 0) is 47.9 Å². The van der Waals surface area contributed by atoms with Gasteiger partial charge in [-0.25, -0.2) is 0 Å². The second kappa shape index (κ2) is 10.4. The van der Waals surface area contributed by atoms with Crippen molar-refractivity contribution in [1.29, 1.82) is 0 Å². The van der Waals surface area contributed by atoms with E-state index in [1.807, 2.05) is 47.5 Å². The Bertz CT molecular complexity index is 1380. The molecule has 0 saturated carbocycles. The quantitative estimate of drug-likeness (QED) is 0.516. The van der Waals surface area contributed by atoms with Gasteiger partial charge in [-0.15, -0.1) is 0 Å². The van der Waals surface area contributed by atoms with E-state index in [9.17, 15) is 19.2 Å². The maximum atomic E-state index is 13.5. The summed E-state index contributed by atoms with van der Waals surface area (Å²) in [6.45, 7) is 2.81. The summed E-state index contributed by atoms with van der Waals surface area (Å²) in [6.07, 6.45) is 2.33. The Hall–Kier alpha value is -4.37. The predicted molar refractivity (Wildman–Crippen MR) is 142 cm³/mol. The number of carbonyl (C=O) groups excluding carboxylic acids is 4. The molecule has 6 rings (SSSR count). The highest BCUT2D eigenvalue weighted by molar-refractivity contribution is 6.06. The highest BCUT2D eigenvalue weighted by Gasteiger charge is 2.39. The zero-order valence-electron chi connectivity index (χ0n) is 21.5. The second-order valence-electron chi connectivity index (χ2n) is 10.2. The van der Waals surface area contributed by atoms with Crippen LogP contribution in [-0.4, -0.2) is 75.5 Å². The van der Waals surface area contributed by atoms with Gasteiger partial charge < -0.3 is 9.80 Å². The van der Waals surface area contributed by atoms with Crippen LogP contribution in [0.5, 0.6) is 0 Å². The van der Waals surface area contributed by atoms with Crippen molar-refractivity contribution in [2.24, 2.45) is 0 Å². The number of carbonyl (C=O) groups is 4. The number of hydrogen-bond donors (Lipinski definition) is 1. The lowest BCUT2D eigenvalue weighted by Gasteiger charge is -2.39. The predicted octanol–water partition coefficient (Wildman–Crippen LogP) is 2.39. The minimum atomic E-state index is -0.675. The topological polar surface area (TPSA) is 103 Å². The van der Waals surface area contributed by atoms with Crippen molar-refractivity contribution in [2.45, 2.75) is 31.5 Å². The Balaban J connectivity index is 1.14. The molecular weight excluding hydrogens is 494 g/mol. The van der Waals surface area contributed by atoms with E-state index < -0.39 is 11.9 Å². The molecule has 198 valence electrons. The summed E-state index contributed by atoms with van der Waals surface area (Å²) >= 11 is 0. The van der Waals surface area contributed by atoms with Gasteiger partial charge in [0.15, 0.2) is 0 Å². The van der Waals surface area contributed by atoms with Crippen LogP contribution in [0.2, 0.25) is 0 Å². The molecule has 2 atom stereocenters. The van der Waals surface area contributed by atoms with Crippen molar-refractivity contribution in [3.63, 3.8) is 0 Å². The molecule has 2 saturated heterocycles. The lowest BCUT2D eigenvalue weighted by atomic mass is 10.00. The number of nitrogens with zero attached hydrogens (tertiary/aromatic N) is 4. The average molecular weight is 524 g/mol. The number of aromatic nitrogens is 1. The summed E-state index contributed by atoms with van der Waals surface area (Å²) < 4.78 is 0. The third-order valence-electron chi connectivity index (χ3n) is 7.82. The van der Waals surface area contributed by atoms with Crippen molar-refractivity contribution in [2.75, 3.05) is 26.2 Å². The summed E-state index contributed by atoms with van der Waals surface area (Å²) in [5, 5.41) is 2.32. The third-order valence-corrected chi connectivity index (χ3v) is 7.82. The highest BCUT2D eigenvalue weighted by atomic mass is 16.2. The zero-order chi connectivity index (χ0) is 26.9. The minimum absolute atomic E-state index is 0.00826. The zero-order valence-corrected chi connectivity index (χ0v) is 21.5. The summed E-state index contributed by atoms with van der Waals surface area (Å²) in [6, 6.07) is 20.7. The number of amides is 4. The number of hydrogen-bond acceptors (Lipinski definition) is 6. The molecule has 0 radical (unpaired) electrons. The van der Waals surface area contributed by atoms with E-state index in [0.29, 0.717) is 43.7 Å². The maximum absolute atomic E-state index is 13.5. The fraction of sp³-hybridized carbons (Fsp3) is 0.300. The van der Waals surface area contributed by atoms with Gasteiger partial charge >= 0.3 is 0 Å². The molecule has 1 N–H and O–H groups in total. The lowest BCUT2D eigenvalue weighted by molar-refractivity contribution is -0.136. The fourth-order valence-corrected chi connectivity index (χ4v) is 5.81. The van der Waals surface area contributed by atoms with Crippen LogP contribution in [0.15, 0.2) is 72.9 Å². The normalized spacial score (nSPS) is 20.5. The van der Waals surface area contributed by atoms with E-state index >= 15 is 0 Å². The van der Waals surface area contributed by atoms with Crippen molar-refractivity contribution in [3.05, 3.63) is 101 Å². The van der Waals surface area contributed by atoms with Gasteiger partial charge in [0.2, 0.25) is 11.8 Å². The summed E-state index contributed by atoms with van der Waals surface area (Å²) in [5.74, 6) is -1.07. The first-order valence-corrected chi connectivity index (χ1v) is 13.3. The van der Waals surface area contributed by atoms with Gasteiger partial charge in [0.1, 0.15) is 6.04 Å². The average Bonchev–Trinajstić information content (AvgIpc) is 3.29.